The molecule has 0 saturated carbocycles. The fraction of sp³-hybridized carbons (Fsp3) is 0.222. The molecule has 0 radical (unpaired) electrons. The number of likely N-dealkylation sites (N-methyl/N-ethyl adjacent to an activating group) is 1. The number of carbonyl (C=O) groups excluding carboxylic acids is 2. The zero-order chi connectivity index (χ0) is 21.9. The molecule has 29 heavy (non-hydrogen) atoms. The summed E-state index contributed by atoms with van der Waals surface area (Å²) in [6.45, 7) is 0. The zero-order valence-corrected chi connectivity index (χ0v) is 16.2. The van der Waals surface area contributed by atoms with Crippen LogP contribution < -0.4 is 5.14 Å². The number of nitrogens with two attached hydrogens (primary N) is 1. The van der Waals surface area contributed by atoms with Crippen LogP contribution >= 0.6 is 0 Å². The Labute approximate surface area is 164 Å². The second-order valence-electron chi connectivity index (χ2n) is 6.15. The van der Waals surface area contributed by atoms with E-state index in [1.165, 1.54) is 31.3 Å². The Morgan fingerprint density at radius 3 is 2.24 bits per heavy atom. The van der Waals surface area contributed by atoms with Gasteiger partial charge in [-0.05, 0) is 35.4 Å². The largest absolute Gasteiger partial charge is 0.467 e. The smallest absolute Gasteiger partial charge is 0.333 e. The van der Waals surface area contributed by atoms with E-state index in [0.29, 0.717) is 12.1 Å². The summed E-state index contributed by atoms with van der Waals surface area (Å²) in [5, 5.41) is 4.99. The van der Waals surface area contributed by atoms with Crippen LogP contribution in [-0.2, 0) is 25.3 Å². The molecule has 0 aromatic heterocycles. The van der Waals surface area contributed by atoms with Crippen molar-refractivity contribution in [2.45, 2.75) is 11.8 Å². The molecule has 0 aliphatic carbocycles. The lowest BCUT2D eigenvalue weighted by Gasteiger charge is -2.27. The summed E-state index contributed by atoms with van der Waals surface area (Å²) in [4.78, 5) is 25.9. The molecule has 7 nitrogen and oxygen atoms in total. The molecule has 1 unspecified atom stereocenters. The van der Waals surface area contributed by atoms with Gasteiger partial charge in [0, 0.05) is 12.6 Å². The molecule has 0 spiro atoms. The van der Waals surface area contributed by atoms with Crippen LogP contribution in [0.3, 0.4) is 0 Å². The predicted molar refractivity (Wildman–Crippen MR) is 96.4 cm³/mol. The van der Waals surface area contributed by atoms with Crippen LogP contribution in [0.5, 0.6) is 0 Å². The summed E-state index contributed by atoms with van der Waals surface area (Å²) in [5.41, 5.74) is -0.129. The van der Waals surface area contributed by atoms with Gasteiger partial charge < -0.3 is 9.64 Å². The standard InChI is InChI=1S/C18H17F3N2O5S/c1-23(17(24)11-5-3-4-10(6-11)9-29(22,26)27)16(18(25)28-2)12-7-13(19)15(21)14(20)8-12/h3-8,16H,9H2,1-2H3,(H2,22,26,27). The SMILES string of the molecule is COC(=O)C(c1cc(F)c(F)c(F)c1)N(C)C(=O)c1cccc(CS(N)(=O)=O)c1. The summed E-state index contributed by atoms with van der Waals surface area (Å²) < 4.78 is 67.6. The number of amides is 1. The maximum atomic E-state index is 13.6. The fourth-order valence-electron chi connectivity index (χ4n) is 2.71. The van der Waals surface area contributed by atoms with E-state index in [1.54, 1.807) is 0 Å². The number of nitrogens with zero attached hydrogens (tertiary/aromatic N) is 1. The molecule has 156 valence electrons. The summed E-state index contributed by atoms with van der Waals surface area (Å²) in [7, 11) is -1.66. The number of hydrogen-bond acceptors (Lipinski definition) is 5. The van der Waals surface area contributed by atoms with Crippen LogP contribution in [-0.4, -0.2) is 39.4 Å². The Hall–Kier alpha value is -2.92. The van der Waals surface area contributed by atoms with Crippen molar-refractivity contribution in [3.63, 3.8) is 0 Å². The molecular formula is C18H17F3N2O5S. The van der Waals surface area contributed by atoms with Gasteiger partial charge in [0.1, 0.15) is 0 Å². The minimum absolute atomic E-state index is 0.00870. The van der Waals surface area contributed by atoms with Crippen LogP contribution in [0.15, 0.2) is 36.4 Å². The van der Waals surface area contributed by atoms with Gasteiger partial charge in [0.15, 0.2) is 23.5 Å². The Bertz CT molecular complexity index is 1040. The Morgan fingerprint density at radius 1 is 1.14 bits per heavy atom. The highest BCUT2D eigenvalue weighted by atomic mass is 32.2. The summed E-state index contributed by atoms with van der Waals surface area (Å²) in [6, 6.07) is 5.03. The Kier molecular flexibility index (Phi) is 6.65. The number of methoxy groups -OCH3 is 1. The molecule has 0 heterocycles. The van der Waals surface area contributed by atoms with Crippen LogP contribution in [0.2, 0.25) is 0 Å². The average Bonchev–Trinajstić information content (AvgIpc) is 2.64. The molecule has 2 aromatic rings. The fourth-order valence-corrected chi connectivity index (χ4v) is 3.35. The van der Waals surface area contributed by atoms with Gasteiger partial charge >= 0.3 is 5.97 Å². The normalized spacial score (nSPS) is 12.3. The van der Waals surface area contributed by atoms with E-state index in [4.69, 9.17) is 5.14 Å². The molecule has 2 aromatic carbocycles. The highest BCUT2D eigenvalue weighted by Crippen LogP contribution is 2.26. The average molecular weight is 430 g/mol. The van der Waals surface area contributed by atoms with E-state index in [-0.39, 0.29) is 16.7 Å². The van der Waals surface area contributed by atoms with E-state index >= 15 is 0 Å². The van der Waals surface area contributed by atoms with Gasteiger partial charge in [-0.1, -0.05) is 12.1 Å². The lowest BCUT2D eigenvalue weighted by atomic mass is 10.0. The van der Waals surface area contributed by atoms with E-state index in [1.807, 2.05) is 0 Å². The highest BCUT2D eigenvalue weighted by Gasteiger charge is 2.32. The van der Waals surface area contributed by atoms with Crippen LogP contribution in [0.4, 0.5) is 13.2 Å². The first-order chi connectivity index (χ1) is 13.4. The molecule has 0 bridgehead atoms. The third-order valence-electron chi connectivity index (χ3n) is 4.00. The highest BCUT2D eigenvalue weighted by molar-refractivity contribution is 7.88. The third-order valence-corrected chi connectivity index (χ3v) is 4.73. The monoisotopic (exact) mass is 430 g/mol. The number of sulfonamides is 1. The van der Waals surface area contributed by atoms with Gasteiger partial charge in [-0.3, -0.25) is 4.79 Å². The summed E-state index contributed by atoms with van der Waals surface area (Å²) in [5.74, 6) is -7.11. The first-order valence-electron chi connectivity index (χ1n) is 8.03. The van der Waals surface area contributed by atoms with E-state index < -0.39 is 51.1 Å². The zero-order valence-electron chi connectivity index (χ0n) is 15.4. The van der Waals surface area contributed by atoms with Crippen molar-refractivity contribution in [2.24, 2.45) is 5.14 Å². The lowest BCUT2D eigenvalue weighted by Crippen LogP contribution is -2.36. The molecule has 1 atom stereocenters. The van der Waals surface area contributed by atoms with Crippen LogP contribution in [0.25, 0.3) is 0 Å². The van der Waals surface area contributed by atoms with Crippen LogP contribution in [0, 0.1) is 17.5 Å². The Balaban J connectivity index is 2.45. The van der Waals surface area contributed by atoms with Crippen molar-refractivity contribution < 1.29 is 35.9 Å². The number of rotatable bonds is 6. The minimum atomic E-state index is -3.85. The topological polar surface area (TPSA) is 107 Å². The second kappa shape index (κ2) is 8.62. The number of esters is 1. The van der Waals surface area contributed by atoms with Gasteiger partial charge in [-0.25, -0.2) is 31.5 Å². The maximum absolute atomic E-state index is 13.6. The number of ether oxygens (including phenoxy) is 1. The first-order valence-corrected chi connectivity index (χ1v) is 9.75. The summed E-state index contributed by atoms with van der Waals surface area (Å²) in [6.07, 6.45) is 0. The second-order valence-corrected chi connectivity index (χ2v) is 7.76. The maximum Gasteiger partial charge on any atom is 0.333 e. The van der Waals surface area contributed by atoms with Crippen LogP contribution in [0.1, 0.15) is 27.5 Å². The molecule has 0 fully saturated rings. The van der Waals surface area contributed by atoms with Gasteiger partial charge in [0.05, 0.1) is 12.9 Å². The van der Waals surface area contributed by atoms with E-state index in [0.717, 1.165) is 12.0 Å². The molecule has 0 aliphatic rings. The number of primary sulfonamides is 1. The molecule has 2 rings (SSSR count). The first kappa shape index (κ1) is 22.4. The number of benzene rings is 2. The molecule has 0 saturated heterocycles. The van der Waals surface area contributed by atoms with Crippen molar-refractivity contribution >= 4 is 21.9 Å². The predicted octanol–water partition coefficient (Wildman–Crippen LogP) is 1.88. The van der Waals surface area contributed by atoms with Crippen molar-refractivity contribution in [1.29, 1.82) is 0 Å². The van der Waals surface area contributed by atoms with E-state index in [2.05, 4.69) is 4.74 Å². The molecule has 1 amide bonds. The van der Waals surface area contributed by atoms with Gasteiger partial charge in [-0.15, -0.1) is 0 Å². The number of hydrogen-bond donors (Lipinski definition) is 1. The van der Waals surface area contributed by atoms with Crippen molar-refractivity contribution in [3.8, 4) is 0 Å². The molecular weight excluding hydrogens is 413 g/mol. The third kappa shape index (κ3) is 5.33. The van der Waals surface area contributed by atoms with Crippen molar-refractivity contribution in [1.82, 2.24) is 4.90 Å². The van der Waals surface area contributed by atoms with Gasteiger partial charge in [0.2, 0.25) is 10.0 Å². The molecule has 0 aliphatic heterocycles. The summed E-state index contributed by atoms with van der Waals surface area (Å²) >= 11 is 0. The van der Waals surface area contributed by atoms with Gasteiger partial charge in [-0.2, -0.15) is 0 Å². The molecule has 2 N–H and O–H groups in total. The lowest BCUT2D eigenvalue weighted by molar-refractivity contribution is -0.145. The van der Waals surface area contributed by atoms with Crippen molar-refractivity contribution in [3.05, 3.63) is 70.5 Å². The number of halogens is 3. The number of carbonyl (C=O) groups is 2. The van der Waals surface area contributed by atoms with Gasteiger partial charge in [0.25, 0.3) is 5.91 Å². The minimum Gasteiger partial charge on any atom is -0.467 e. The Morgan fingerprint density at radius 2 is 1.72 bits per heavy atom. The quantitative estimate of drug-likeness (QED) is 0.556. The van der Waals surface area contributed by atoms with Crippen molar-refractivity contribution in [2.75, 3.05) is 14.2 Å². The van der Waals surface area contributed by atoms with E-state index in [9.17, 15) is 31.2 Å². The molecule has 11 heteroatoms.